The van der Waals surface area contributed by atoms with Crippen molar-refractivity contribution in [1.82, 2.24) is 10.1 Å². The zero-order valence-electron chi connectivity index (χ0n) is 15.4. The van der Waals surface area contributed by atoms with E-state index in [0.29, 0.717) is 27.7 Å². The van der Waals surface area contributed by atoms with Crippen LogP contribution in [0.4, 0.5) is 5.69 Å². The number of hydrogen-bond acceptors (Lipinski definition) is 5. The number of hydrogen-bond donors (Lipinski definition) is 1. The number of anilines is 1. The van der Waals surface area contributed by atoms with E-state index in [9.17, 15) is 4.79 Å². The molecule has 4 aromatic rings. The van der Waals surface area contributed by atoms with Crippen LogP contribution in [0, 0.1) is 0 Å². The van der Waals surface area contributed by atoms with E-state index in [1.807, 2.05) is 30.3 Å². The summed E-state index contributed by atoms with van der Waals surface area (Å²) in [5, 5.41) is 7.48. The van der Waals surface area contributed by atoms with E-state index < -0.39 is 0 Å². The molecule has 0 aliphatic heterocycles. The topological polar surface area (TPSA) is 77.2 Å². The number of methoxy groups -OCH3 is 1. The fraction of sp³-hybridized carbons (Fsp3) is 0.0455. The van der Waals surface area contributed by atoms with Gasteiger partial charge in [0.1, 0.15) is 5.75 Å². The standard InChI is InChI=1S/C22H16ClN3O3/c1-28-17-12-6-14(7-13-17)20-25-22(29-26-20)19-5-3-2-4-18(19)21(27)24-16-10-8-15(23)9-11-16/h2-13H,1H3,(H,24,27). The van der Waals surface area contributed by atoms with Crippen molar-refractivity contribution in [2.75, 3.05) is 12.4 Å². The molecule has 7 heteroatoms. The largest absolute Gasteiger partial charge is 0.497 e. The van der Waals surface area contributed by atoms with Gasteiger partial charge in [-0.3, -0.25) is 4.79 Å². The van der Waals surface area contributed by atoms with E-state index in [1.165, 1.54) is 0 Å². The number of nitrogens with one attached hydrogen (secondary N) is 1. The van der Waals surface area contributed by atoms with Crippen LogP contribution >= 0.6 is 11.6 Å². The highest BCUT2D eigenvalue weighted by atomic mass is 35.5. The molecular formula is C22H16ClN3O3. The molecule has 0 aliphatic carbocycles. The summed E-state index contributed by atoms with van der Waals surface area (Å²) in [7, 11) is 1.60. The van der Waals surface area contributed by atoms with Crippen LogP contribution in [0.2, 0.25) is 5.02 Å². The number of carbonyl (C=O) groups is 1. The van der Waals surface area contributed by atoms with E-state index in [0.717, 1.165) is 11.3 Å². The van der Waals surface area contributed by atoms with Gasteiger partial charge in [-0.15, -0.1) is 0 Å². The zero-order valence-corrected chi connectivity index (χ0v) is 16.2. The molecule has 1 N–H and O–H groups in total. The fourth-order valence-electron chi connectivity index (χ4n) is 2.79. The lowest BCUT2D eigenvalue weighted by Crippen LogP contribution is -2.13. The molecule has 0 spiro atoms. The van der Waals surface area contributed by atoms with Crippen molar-refractivity contribution in [3.63, 3.8) is 0 Å². The number of benzene rings is 3. The number of amides is 1. The Morgan fingerprint density at radius 3 is 2.45 bits per heavy atom. The van der Waals surface area contributed by atoms with Gasteiger partial charge < -0.3 is 14.6 Å². The molecule has 4 rings (SSSR count). The first kappa shape index (κ1) is 18.7. The van der Waals surface area contributed by atoms with Crippen LogP contribution in [0.25, 0.3) is 22.8 Å². The van der Waals surface area contributed by atoms with E-state index in [-0.39, 0.29) is 11.8 Å². The Morgan fingerprint density at radius 2 is 1.72 bits per heavy atom. The number of ether oxygens (including phenoxy) is 1. The lowest BCUT2D eigenvalue weighted by molar-refractivity contribution is 0.102. The molecule has 144 valence electrons. The number of aromatic nitrogens is 2. The molecule has 29 heavy (non-hydrogen) atoms. The normalized spacial score (nSPS) is 10.6. The predicted octanol–water partition coefficient (Wildman–Crippen LogP) is 5.32. The highest BCUT2D eigenvalue weighted by Crippen LogP contribution is 2.27. The maximum absolute atomic E-state index is 12.8. The molecule has 1 aromatic heterocycles. The van der Waals surface area contributed by atoms with E-state index in [1.54, 1.807) is 49.6 Å². The Bertz CT molecular complexity index is 1140. The quantitative estimate of drug-likeness (QED) is 0.486. The third-order valence-corrected chi connectivity index (χ3v) is 4.53. The molecule has 0 saturated carbocycles. The summed E-state index contributed by atoms with van der Waals surface area (Å²) in [5.41, 5.74) is 2.39. The minimum absolute atomic E-state index is 0.262. The van der Waals surface area contributed by atoms with Gasteiger partial charge in [-0.25, -0.2) is 0 Å². The van der Waals surface area contributed by atoms with E-state index in [2.05, 4.69) is 15.5 Å². The summed E-state index contributed by atoms with van der Waals surface area (Å²) < 4.78 is 10.6. The monoisotopic (exact) mass is 405 g/mol. The van der Waals surface area contributed by atoms with Crippen LogP contribution < -0.4 is 10.1 Å². The molecule has 0 saturated heterocycles. The van der Waals surface area contributed by atoms with Crippen molar-refractivity contribution < 1.29 is 14.1 Å². The summed E-state index contributed by atoms with van der Waals surface area (Å²) in [6.07, 6.45) is 0. The first-order valence-electron chi connectivity index (χ1n) is 8.78. The van der Waals surface area contributed by atoms with Crippen LogP contribution in [-0.2, 0) is 0 Å². The molecule has 1 amide bonds. The van der Waals surface area contributed by atoms with Gasteiger partial charge in [0, 0.05) is 16.3 Å². The van der Waals surface area contributed by atoms with Gasteiger partial charge in [-0.1, -0.05) is 28.9 Å². The van der Waals surface area contributed by atoms with Crippen molar-refractivity contribution in [1.29, 1.82) is 0 Å². The average molecular weight is 406 g/mol. The predicted molar refractivity (Wildman–Crippen MR) is 111 cm³/mol. The Morgan fingerprint density at radius 1 is 1.00 bits per heavy atom. The maximum Gasteiger partial charge on any atom is 0.259 e. The lowest BCUT2D eigenvalue weighted by Gasteiger charge is -2.08. The molecule has 6 nitrogen and oxygen atoms in total. The third kappa shape index (κ3) is 4.12. The van der Waals surface area contributed by atoms with Crippen LogP contribution in [0.1, 0.15) is 10.4 Å². The molecule has 0 radical (unpaired) electrons. The highest BCUT2D eigenvalue weighted by Gasteiger charge is 2.18. The van der Waals surface area contributed by atoms with E-state index >= 15 is 0 Å². The number of halogens is 1. The van der Waals surface area contributed by atoms with Crippen molar-refractivity contribution in [3.05, 3.63) is 83.4 Å². The van der Waals surface area contributed by atoms with Crippen molar-refractivity contribution in [2.45, 2.75) is 0 Å². The first-order chi connectivity index (χ1) is 14.1. The minimum atomic E-state index is -0.285. The Hall–Kier alpha value is -3.64. The number of carbonyl (C=O) groups excluding carboxylic acids is 1. The van der Waals surface area contributed by atoms with Gasteiger partial charge >= 0.3 is 0 Å². The van der Waals surface area contributed by atoms with Crippen molar-refractivity contribution in [2.24, 2.45) is 0 Å². The summed E-state index contributed by atoms with van der Waals surface area (Å²) in [5.74, 6) is 1.14. The van der Waals surface area contributed by atoms with Gasteiger partial charge in [0.05, 0.1) is 18.2 Å². The second-order valence-electron chi connectivity index (χ2n) is 6.16. The van der Waals surface area contributed by atoms with Crippen molar-refractivity contribution in [3.8, 4) is 28.6 Å². The Labute approximate surface area is 172 Å². The summed E-state index contributed by atoms with van der Waals surface area (Å²) in [4.78, 5) is 17.2. The van der Waals surface area contributed by atoms with Crippen LogP contribution in [0.3, 0.4) is 0 Å². The molecule has 1 heterocycles. The molecule has 0 atom stereocenters. The van der Waals surface area contributed by atoms with Gasteiger partial charge in [0.15, 0.2) is 0 Å². The van der Waals surface area contributed by atoms with Crippen molar-refractivity contribution >= 4 is 23.2 Å². The zero-order chi connectivity index (χ0) is 20.2. The highest BCUT2D eigenvalue weighted by molar-refractivity contribution is 6.30. The van der Waals surface area contributed by atoms with Gasteiger partial charge in [0.25, 0.3) is 11.8 Å². The molecule has 3 aromatic carbocycles. The molecule has 0 fully saturated rings. The molecule has 0 bridgehead atoms. The molecular weight excluding hydrogens is 390 g/mol. The fourth-order valence-corrected chi connectivity index (χ4v) is 2.92. The number of rotatable bonds is 5. The van der Waals surface area contributed by atoms with Crippen LogP contribution in [0.5, 0.6) is 5.75 Å². The van der Waals surface area contributed by atoms with Gasteiger partial charge in [-0.05, 0) is 60.7 Å². The Kier molecular flexibility index (Phi) is 5.27. The van der Waals surface area contributed by atoms with Crippen LogP contribution in [0.15, 0.2) is 77.3 Å². The van der Waals surface area contributed by atoms with Crippen LogP contribution in [-0.4, -0.2) is 23.2 Å². The lowest BCUT2D eigenvalue weighted by atomic mass is 10.1. The average Bonchev–Trinajstić information content (AvgIpc) is 3.25. The SMILES string of the molecule is COc1ccc(-c2noc(-c3ccccc3C(=O)Nc3ccc(Cl)cc3)n2)cc1. The first-order valence-corrected chi connectivity index (χ1v) is 9.16. The second kappa shape index (κ2) is 8.16. The minimum Gasteiger partial charge on any atom is -0.497 e. The molecule has 0 aliphatic rings. The molecule has 0 unspecified atom stereocenters. The summed E-state index contributed by atoms with van der Waals surface area (Å²) >= 11 is 5.89. The van der Waals surface area contributed by atoms with Gasteiger partial charge in [-0.2, -0.15) is 4.98 Å². The Balaban J connectivity index is 1.62. The summed E-state index contributed by atoms with van der Waals surface area (Å²) in [6.45, 7) is 0. The van der Waals surface area contributed by atoms with Gasteiger partial charge in [0.2, 0.25) is 5.82 Å². The third-order valence-electron chi connectivity index (χ3n) is 4.28. The second-order valence-corrected chi connectivity index (χ2v) is 6.59. The summed E-state index contributed by atoms with van der Waals surface area (Å²) in [6, 6.07) is 21.3. The van der Waals surface area contributed by atoms with E-state index in [4.69, 9.17) is 20.9 Å². The number of nitrogens with zero attached hydrogens (tertiary/aromatic N) is 2. The maximum atomic E-state index is 12.8. The smallest absolute Gasteiger partial charge is 0.259 e.